The predicted molar refractivity (Wildman–Crippen MR) is 82.7 cm³/mol. The number of benzene rings is 1. The number of halogens is 2. The van der Waals surface area contributed by atoms with E-state index in [-0.39, 0.29) is 23.8 Å². The molecule has 3 saturated heterocycles. The van der Waals surface area contributed by atoms with Gasteiger partial charge >= 0.3 is 0 Å². The minimum absolute atomic E-state index is 0. The fourth-order valence-electron chi connectivity index (χ4n) is 2.98. The zero-order valence-corrected chi connectivity index (χ0v) is 12.7. The fourth-order valence-corrected chi connectivity index (χ4v) is 3.11. The molecule has 20 heavy (non-hydrogen) atoms. The molecule has 1 amide bonds. The summed E-state index contributed by atoms with van der Waals surface area (Å²) in [5.74, 6) is 0.677. The molecule has 2 bridgehead atoms. The van der Waals surface area contributed by atoms with Crippen LogP contribution in [-0.4, -0.2) is 42.0 Å². The largest absolute Gasteiger partial charge is 0.412 e. The molecule has 0 aliphatic carbocycles. The molecule has 3 aliphatic rings. The standard InChI is InChI=1S/C14H17ClN2O.ClH.H2O/c15-12-3-1-11(2-4-12)14(18)16-13-9-17-7-5-10(13)6-8-17;;/h1-4,10,13H,5-9H2,(H,16,18);1H;1H2. The van der Waals surface area contributed by atoms with E-state index in [1.54, 1.807) is 24.3 Å². The third-order valence-electron chi connectivity index (χ3n) is 4.08. The maximum Gasteiger partial charge on any atom is 0.251 e. The molecule has 4 nitrogen and oxygen atoms in total. The molecular weight excluding hydrogens is 299 g/mol. The van der Waals surface area contributed by atoms with Gasteiger partial charge in [-0.15, -0.1) is 12.4 Å². The van der Waals surface area contributed by atoms with Gasteiger partial charge in [0, 0.05) is 23.2 Å². The highest BCUT2D eigenvalue weighted by molar-refractivity contribution is 6.30. The van der Waals surface area contributed by atoms with E-state index in [0.717, 1.165) is 6.54 Å². The molecule has 4 rings (SSSR count). The van der Waals surface area contributed by atoms with Crippen LogP contribution in [0.1, 0.15) is 23.2 Å². The average molecular weight is 319 g/mol. The Bertz CT molecular complexity index is 445. The van der Waals surface area contributed by atoms with Gasteiger partial charge in [0.2, 0.25) is 0 Å². The van der Waals surface area contributed by atoms with Crippen LogP contribution in [0.4, 0.5) is 0 Å². The predicted octanol–water partition coefficient (Wildman–Crippen LogP) is 1.76. The van der Waals surface area contributed by atoms with Gasteiger partial charge in [-0.1, -0.05) is 11.6 Å². The minimum Gasteiger partial charge on any atom is -0.412 e. The SMILES string of the molecule is Cl.O.O=C(NC1CN2CCC1CC2)c1ccc(Cl)cc1. The van der Waals surface area contributed by atoms with Crippen LogP contribution < -0.4 is 5.32 Å². The summed E-state index contributed by atoms with van der Waals surface area (Å²) in [5, 5.41) is 3.82. The Morgan fingerprint density at radius 3 is 2.30 bits per heavy atom. The van der Waals surface area contributed by atoms with Gasteiger partial charge in [0.1, 0.15) is 0 Å². The Balaban J connectivity index is 0.000001000. The fraction of sp³-hybridized carbons (Fsp3) is 0.500. The van der Waals surface area contributed by atoms with E-state index < -0.39 is 0 Å². The molecule has 3 fully saturated rings. The lowest BCUT2D eigenvalue weighted by Crippen LogP contribution is -2.57. The monoisotopic (exact) mass is 318 g/mol. The van der Waals surface area contributed by atoms with Gasteiger partial charge in [0.15, 0.2) is 0 Å². The van der Waals surface area contributed by atoms with E-state index in [1.165, 1.54) is 25.9 Å². The van der Waals surface area contributed by atoms with Gasteiger partial charge in [0.05, 0.1) is 0 Å². The van der Waals surface area contributed by atoms with Gasteiger partial charge < -0.3 is 15.7 Å². The molecule has 1 unspecified atom stereocenters. The molecule has 0 radical (unpaired) electrons. The number of hydrogen-bond donors (Lipinski definition) is 1. The minimum atomic E-state index is 0. The van der Waals surface area contributed by atoms with Gasteiger partial charge in [-0.3, -0.25) is 4.79 Å². The van der Waals surface area contributed by atoms with Crippen LogP contribution in [0.3, 0.4) is 0 Å². The summed E-state index contributed by atoms with van der Waals surface area (Å²) in [6.45, 7) is 3.39. The van der Waals surface area contributed by atoms with E-state index in [2.05, 4.69) is 10.2 Å². The Morgan fingerprint density at radius 1 is 1.20 bits per heavy atom. The van der Waals surface area contributed by atoms with Crippen LogP contribution in [-0.2, 0) is 0 Å². The van der Waals surface area contributed by atoms with Crippen molar-refractivity contribution in [2.75, 3.05) is 19.6 Å². The lowest BCUT2D eigenvalue weighted by atomic mass is 9.84. The summed E-state index contributed by atoms with van der Waals surface area (Å²) in [6.07, 6.45) is 2.43. The second-order valence-corrected chi connectivity index (χ2v) is 5.66. The third-order valence-corrected chi connectivity index (χ3v) is 4.33. The van der Waals surface area contributed by atoms with E-state index >= 15 is 0 Å². The number of rotatable bonds is 2. The summed E-state index contributed by atoms with van der Waals surface area (Å²) >= 11 is 5.82. The summed E-state index contributed by atoms with van der Waals surface area (Å²) < 4.78 is 0. The smallest absolute Gasteiger partial charge is 0.251 e. The molecule has 3 heterocycles. The molecule has 1 aromatic carbocycles. The third kappa shape index (κ3) is 3.64. The highest BCUT2D eigenvalue weighted by atomic mass is 35.5. The van der Waals surface area contributed by atoms with Crippen molar-refractivity contribution >= 4 is 29.9 Å². The average Bonchev–Trinajstić information content (AvgIpc) is 2.41. The van der Waals surface area contributed by atoms with Gasteiger partial charge in [0.25, 0.3) is 5.91 Å². The number of hydrogen-bond acceptors (Lipinski definition) is 2. The highest BCUT2D eigenvalue weighted by Gasteiger charge is 2.34. The molecule has 1 aromatic rings. The van der Waals surface area contributed by atoms with E-state index in [4.69, 9.17) is 11.6 Å². The number of carbonyl (C=O) groups excluding carboxylic acids is 1. The number of nitrogens with one attached hydrogen (secondary N) is 1. The Kier molecular flexibility index (Phi) is 6.27. The summed E-state index contributed by atoms with van der Waals surface area (Å²) in [7, 11) is 0. The lowest BCUT2D eigenvalue weighted by molar-refractivity contribution is 0.0620. The van der Waals surface area contributed by atoms with Crippen molar-refractivity contribution in [3.63, 3.8) is 0 Å². The molecule has 0 aromatic heterocycles. The highest BCUT2D eigenvalue weighted by Crippen LogP contribution is 2.27. The zero-order chi connectivity index (χ0) is 12.5. The summed E-state index contributed by atoms with van der Waals surface area (Å²) in [6, 6.07) is 7.38. The topological polar surface area (TPSA) is 63.8 Å². The van der Waals surface area contributed by atoms with Crippen LogP contribution in [0.5, 0.6) is 0 Å². The second-order valence-electron chi connectivity index (χ2n) is 5.22. The van der Waals surface area contributed by atoms with Crippen molar-refractivity contribution in [1.82, 2.24) is 10.2 Å². The van der Waals surface area contributed by atoms with Gasteiger partial charge in [-0.2, -0.15) is 0 Å². The summed E-state index contributed by atoms with van der Waals surface area (Å²) in [5.41, 5.74) is 0.691. The first-order valence-electron chi connectivity index (χ1n) is 6.51. The first kappa shape index (κ1) is 17.2. The maximum absolute atomic E-state index is 12.1. The number of amides is 1. The maximum atomic E-state index is 12.1. The van der Waals surface area contributed by atoms with Crippen molar-refractivity contribution in [2.24, 2.45) is 5.92 Å². The molecule has 6 heteroatoms. The van der Waals surface area contributed by atoms with Crippen LogP contribution in [0.15, 0.2) is 24.3 Å². The van der Waals surface area contributed by atoms with E-state index in [0.29, 0.717) is 22.5 Å². The molecule has 3 aliphatic heterocycles. The normalized spacial score (nSPS) is 27.1. The first-order valence-corrected chi connectivity index (χ1v) is 6.89. The Hall–Kier alpha value is -0.810. The molecule has 0 spiro atoms. The molecular formula is C14H20Cl2N2O2. The van der Waals surface area contributed by atoms with Crippen molar-refractivity contribution in [3.05, 3.63) is 34.9 Å². The van der Waals surface area contributed by atoms with Crippen molar-refractivity contribution in [2.45, 2.75) is 18.9 Å². The zero-order valence-electron chi connectivity index (χ0n) is 11.1. The van der Waals surface area contributed by atoms with Crippen LogP contribution in [0, 0.1) is 5.92 Å². The van der Waals surface area contributed by atoms with Crippen molar-refractivity contribution < 1.29 is 10.3 Å². The van der Waals surface area contributed by atoms with E-state index in [9.17, 15) is 4.79 Å². The second kappa shape index (κ2) is 7.27. The summed E-state index contributed by atoms with van der Waals surface area (Å²) in [4.78, 5) is 14.6. The quantitative estimate of drug-likeness (QED) is 0.903. The number of fused-ring (bicyclic) bond motifs is 3. The molecule has 0 saturated carbocycles. The Labute approximate surface area is 130 Å². The number of nitrogens with zero attached hydrogens (tertiary/aromatic N) is 1. The van der Waals surface area contributed by atoms with Gasteiger partial charge in [-0.25, -0.2) is 0 Å². The molecule has 1 atom stereocenters. The lowest BCUT2D eigenvalue weighted by Gasteiger charge is -2.44. The van der Waals surface area contributed by atoms with Crippen molar-refractivity contribution in [1.29, 1.82) is 0 Å². The van der Waals surface area contributed by atoms with Crippen LogP contribution in [0.25, 0.3) is 0 Å². The first-order chi connectivity index (χ1) is 8.72. The van der Waals surface area contributed by atoms with Gasteiger partial charge in [-0.05, 0) is 56.1 Å². The van der Waals surface area contributed by atoms with E-state index in [1.807, 2.05) is 0 Å². The molecule has 3 N–H and O–H groups in total. The van der Waals surface area contributed by atoms with Crippen molar-refractivity contribution in [3.8, 4) is 0 Å². The van der Waals surface area contributed by atoms with Crippen LogP contribution >= 0.6 is 24.0 Å². The number of carbonyl (C=O) groups is 1. The van der Waals surface area contributed by atoms with Crippen LogP contribution in [0.2, 0.25) is 5.02 Å². The number of piperidine rings is 3. The Morgan fingerprint density at radius 2 is 1.80 bits per heavy atom. The molecule has 112 valence electrons.